The number of rotatable bonds is 5. The standard InChI is InChI=1S/C15H13N3O4S/c16-15(21)18-12(19)9-22-14(20)11-7-4-8-17-13(11)23-10-5-2-1-3-6-10/h1-8H,9H2,(H3,16,18,19,21). The number of primary amides is 1. The van der Waals surface area contributed by atoms with Gasteiger partial charge >= 0.3 is 12.0 Å². The van der Waals surface area contributed by atoms with Crippen molar-refractivity contribution in [2.75, 3.05) is 6.61 Å². The predicted molar refractivity (Wildman–Crippen MR) is 82.8 cm³/mol. The lowest BCUT2D eigenvalue weighted by atomic mass is 10.3. The summed E-state index contributed by atoms with van der Waals surface area (Å²) in [5.41, 5.74) is 5.03. The second-order valence-corrected chi connectivity index (χ2v) is 5.32. The Labute approximate surface area is 136 Å². The Morgan fingerprint density at radius 2 is 1.87 bits per heavy atom. The van der Waals surface area contributed by atoms with Crippen LogP contribution in [0.5, 0.6) is 0 Å². The van der Waals surface area contributed by atoms with Gasteiger partial charge in [0.1, 0.15) is 5.03 Å². The fourth-order valence-corrected chi connectivity index (χ4v) is 2.50. The van der Waals surface area contributed by atoms with Gasteiger partial charge in [0.25, 0.3) is 5.91 Å². The van der Waals surface area contributed by atoms with Gasteiger partial charge in [-0.05, 0) is 24.3 Å². The molecule has 0 saturated heterocycles. The van der Waals surface area contributed by atoms with E-state index in [9.17, 15) is 14.4 Å². The minimum absolute atomic E-state index is 0.230. The van der Waals surface area contributed by atoms with E-state index in [4.69, 9.17) is 10.5 Å². The van der Waals surface area contributed by atoms with Crippen LogP contribution in [-0.2, 0) is 9.53 Å². The maximum Gasteiger partial charge on any atom is 0.341 e. The summed E-state index contributed by atoms with van der Waals surface area (Å²) >= 11 is 1.30. The Morgan fingerprint density at radius 1 is 1.13 bits per heavy atom. The molecule has 0 aliphatic carbocycles. The molecule has 7 nitrogen and oxygen atoms in total. The number of benzene rings is 1. The number of nitrogens with zero attached hydrogens (tertiary/aromatic N) is 1. The fraction of sp³-hybridized carbons (Fsp3) is 0.0667. The van der Waals surface area contributed by atoms with Gasteiger partial charge in [-0.3, -0.25) is 10.1 Å². The van der Waals surface area contributed by atoms with Gasteiger partial charge in [0.2, 0.25) is 0 Å². The molecule has 3 N–H and O–H groups in total. The van der Waals surface area contributed by atoms with E-state index in [-0.39, 0.29) is 5.56 Å². The summed E-state index contributed by atoms with van der Waals surface area (Å²) in [5, 5.41) is 2.26. The maximum atomic E-state index is 12.1. The monoisotopic (exact) mass is 331 g/mol. The third-order valence-electron chi connectivity index (χ3n) is 2.55. The molecule has 3 amide bonds. The minimum atomic E-state index is -1.01. The zero-order chi connectivity index (χ0) is 16.7. The largest absolute Gasteiger partial charge is 0.452 e. The van der Waals surface area contributed by atoms with Crippen LogP contribution >= 0.6 is 11.8 Å². The topological polar surface area (TPSA) is 111 Å². The number of nitrogens with two attached hydrogens (primary N) is 1. The molecule has 0 radical (unpaired) electrons. The molecule has 118 valence electrons. The lowest BCUT2D eigenvalue weighted by Crippen LogP contribution is -2.37. The van der Waals surface area contributed by atoms with Crippen LogP contribution in [0.3, 0.4) is 0 Å². The number of amides is 3. The lowest BCUT2D eigenvalue weighted by Gasteiger charge is -2.08. The third-order valence-corrected chi connectivity index (χ3v) is 3.57. The second kappa shape index (κ2) is 7.95. The normalized spacial score (nSPS) is 9.91. The number of carbonyl (C=O) groups excluding carboxylic acids is 3. The van der Waals surface area contributed by atoms with Crippen molar-refractivity contribution in [3.8, 4) is 0 Å². The van der Waals surface area contributed by atoms with Crippen LogP contribution in [0.2, 0.25) is 0 Å². The molecule has 0 spiro atoms. The van der Waals surface area contributed by atoms with Crippen LogP contribution in [0.25, 0.3) is 0 Å². The van der Waals surface area contributed by atoms with Crippen LogP contribution in [0.4, 0.5) is 4.79 Å². The number of nitrogens with one attached hydrogen (secondary N) is 1. The SMILES string of the molecule is NC(=O)NC(=O)COC(=O)c1cccnc1Sc1ccccc1. The molecule has 0 aliphatic heterocycles. The number of urea groups is 1. The highest BCUT2D eigenvalue weighted by atomic mass is 32.2. The average molecular weight is 331 g/mol. The van der Waals surface area contributed by atoms with Crippen molar-refractivity contribution in [2.45, 2.75) is 9.92 Å². The first-order chi connectivity index (χ1) is 11.1. The molecule has 2 aromatic rings. The van der Waals surface area contributed by atoms with E-state index >= 15 is 0 Å². The quantitative estimate of drug-likeness (QED) is 0.805. The number of pyridine rings is 1. The van der Waals surface area contributed by atoms with Crippen LogP contribution in [-0.4, -0.2) is 29.5 Å². The number of aromatic nitrogens is 1. The molecule has 0 bridgehead atoms. The molecular formula is C15H13N3O4S. The van der Waals surface area contributed by atoms with Gasteiger partial charge in [0.05, 0.1) is 5.56 Å². The van der Waals surface area contributed by atoms with Gasteiger partial charge in [-0.25, -0.2) is 14.6 Å². The zero-order valence-electron chi connectivity index (χ0n) is 11.9. The van der Waals surface area contributed by atoms with Crippen molar-refractivity contribution < 1.29 is 19.1 Å². The smallest absolute Gasteiger partial charge is 0.341 e. The van der Waals surface area contributed by atoms with Crippen molar-refractivity contribution in [2.24, 2.45) is 5.73 Å². The van der Waals surface area contributed by atoms with Crippen molar-refractivity contribution in [3.05, 3.63) is 54.2 Å². The number of hydrogen-bond donors (Lipinski definition) is 2. The van der Waals surface area contributed by atoms with Crippen LogP contribution in [0.1, 0.15) is 10.4 Å². The highest BCUT2D eigenvalue weighted by Crippen LogP contribution is 2.28. The summed E-state index contributed by atoms with van der Waals surface area (Å²) in [6.07, 6.45) is 1.56. The van der Waals surface area contributed by atoms with E-state index in [1.807, 2.05) is 30.3 Å². The van der Waals surface area contributed by atoms with E-state index in [2.05, 4.69) is 4.98 Å². The number of ether oxygens (including phenoxy) is 1. The Kier molecular flexibility index (Phi) is 5.70. The summed E-state index contributed by atoms with van der Waals surface area (Å²) in [6.45, 7) is -0.605. The van der Waals surface area contributed by atoms with E-state index in [1.54, 1.807) is 23.6 Å². The van der Waals surface area contributed by atoms with Gasteiger partial charge in [0, 0.05) is 11.1 Å². The van der Waals surface area contributed by atoms with Gasteiger partial charge in [-0.1, -0.05) is 30.0 Å². The molecule has 1 aromatic carbocycles. The summed E-state index contributed by atoms with van der Waals surface area (Å²) in [7, 11) is 0. The van der Waals surface area contributed by atoms with Crippen LogP contribution < -0.4 is 11.1 Å². The molecule has 1 aromatic heterocycles. The molecule has 0 unspecified atom stereocenters. The van der Waals surface area contributed by atoms with E-state index in [1.165, 1.54) is 11.8 Å². The maximum absolute atomic E-state index is 12.1. The molecular weight excluding hydrogens is 318 g/mol. The van der Waals surface area contributed by atoms with Crippen molar-refractivity contribution >= 4 is 29.7 Å². The van der Waals surface area contributed by atoms with Gasteiger partial charge < -0.3 is 10.5 Å². The first kappa shape index (κ1) is 16.5. The number of esters is 1. The molecule has 8 heteroatoms. The zero-order valence-corrected chi connectivity index (χ0v) is 12.7. The van der Waals surface area contributed by atoms with Crippen molar-refractivity contribution in [1.82, 2.24) is 10.3 Å². The number of imide groups is 1. The summed E-state index contributed by atoms with van der Waals surface area (Å²) in [6, 6.07) is 11.5. The van der Waals surface area contributed by atoms with Gasteiger partial charge in [-0.15, -0.1) is 0 Å². The Hall–Kier alpha value is -2.87. The highest BCUT2D eigenvalue weighted by Gasteiger charge is 2.16. The first-order valence-corrected chi connectivity index (χ1v) is 7.32. The second-order valence-electron chi connectivity index (χ2n) is 4.26. The molecule has 1 heterocycles. The van der Waals surface area contributed by atoms with E-state index in [0.29, 0.717) is 5.03 Å². The molecule has 2 rings (SSSR count). The summed E-state index contributed by atoms with van der Waals surface area (Å²) in [5.74, 6) is -1.51. The Balaban J connectivity index is 2.06. The van der Waals surface area contributed by atoms with Gasteiger partial charge in [0.15, 0.2) is 6.61 Å². The number of hydrogen-bond acceptors (Lipinski definition) is 6. The van der Waals surface area contributed by atoms with Crippen LogP contribution in [0.15, 0.2) is 58.6 Å². The van der Waals surface area contributed by atoms with E-state index in [0.717, 1.165) is 4.90 Å². The van der Waals surface area contributed by atoms with Crippen LogP contribution in [0, 0.1) is 0 Å². The number of carbonyl (C=O) groups is 3. The van der Waals surface area contributed by atoms with Gasteiger partial charge in [-0.2, -0.15) is 0 Å². The molecule has 0 atom stereocenters. The predicted octanol–water partition coefficient (Wildman–Crippen LogP) is 1.58. The molecule has 0 saturated carbocycles. The molecule has 23 heavy (non-hydrogen) atoms. The average Bonchev–Trinajstić information content (AvgIpc) is 2.53. The van der Waals surface area contributed by atoms with E-state index < -0.39 is 24.5 Å². The highest BCUT2D eigenvalue weighted by molar-refractivity contribution is 7.99. The lowest BCUT2D eigenvalue weighted by molar-refractivity contribution is -0.123. The fourth-order valence-electron chi connectivity index (χ4n) is 1.61. The first-order valence-electron chi connectivity index (χ1n) is 6.50. The minimum Gasteiger partial charge on any atom is -0.452 e. The summed E-state index contributed by atoms with van der Waals surface area (Å²) in [4.78, 5) is 38.9. The van der Waals surface area contributed by atoms with Crippen molar-refractivity contribution in [3.63, 3.8) is 0 Å². The Morgan fingerprint density at radius 3 is 2.57 bits per heavy atom. The summed E-state index contributed by atoms with van der Waals surface area (Å²) < 4.78 is 4.86. The Bertz CT molecular complexity index is 722. The third kappa shape index (κ3) is 5.11. The molecule has 0 aliphatic rings. The van der Waals surface area contributed by atoms with Crippen molar-refractivity contribution in [1.29, 1.82) is 0 Å². The molecule has 0 fully saturated rings.